The molecule has 3 rings (SSSR count). The zero-order chi connectivity index (χ0) is 17.7. The standard InChI is InChI=1S/C18H24N4O3/c1-3-18(2)13-22(11-12-24-18)17(23)19-10-9-15-20-21-16(25-15)14-7-5-4-6-8-14/h4-8H,3,9-13H2,1-2H3,(H,19,23). The Hall–Kier alpha value is -2.41. The second kappa shape index (κ2) is 7.65. The van der Waals surface area contributed by atoms with Gasteiger partial charge in [0, 0.05) is 25.1 Å². The SMILES string of the molecule is CCC1(C)CN(C(=O)NCCc2nnc(-c3ccccc3)o2)CCO1. The minimum absolute atomic E-state index is 0.0780. The summed E-state index contributed by atoms with van der Waals surface area (Å²) in [4.78, 5) is 14.1. The first kappa shape index (κ1) is 17.4. The molecule has 1 aliphatic heterocycles. The Bertz CT molecular complexity index is 703. The van der Waals surface area contributed by atoms with Gasteiger partial charge < -0.3 is 19.4 Å². The van der Waals surface area contributed by atoms with Crippen molar-refractivity contribution in [3.05, 3.63) is 36.2 Å². The lowest BCUT2D eigenvalue weighted by molar-refractivity contribution is -0.0872. The number of ether oxygens (including phenoxy) is 1. The molecule has 0 radical (unpaired) electrons. The van der Waals surface area contributed by atoms with E-state index in [-0.39, 0.29) is 11.6 Å². The molecule has 1 aliphatic rings. The average molecular weight is 344 g/mol. The summed E-state index contributed by atoms with van der Waals surface area (Å²) in [6, 6.07) is 9.54. The Kier molecular flexibility index (Phi) is 5.33. The van der Waals surface area contributed by atoms with Gasteiger partial charge in [-0.1, -0.05) is 25.1 Å². The first-order chi connectivity index (χ1) is 12.1. The van der Waals surface area contributed by atoms with Gasteiger partial charge in [0.1, 0.15) is 0 Å². The summed E-state index contributed by atoms with van der Waals surface area (Å²) in [5, 5.41) is 11.0. The van der Waals surface area contributed by atoms with Crippen LogP contribution in [0.1, 0.15) is 26.2 Å². The highest BCUT2D eigenvalue weighted by atomic mass is 16.5. The number of nitrogens with one attached hydrogen (secondary N) is 1. The molecule has 1 fully saturated rings. The van der Waals surface area contributed by atoms with E-state index < -0.39 is 0 Å². The number of benzene rings is 1. The Balaban J connectivity index is 1.48. The maximum Gasteiger partial charge on any atom is 0.317 e. The topological polar surface area (TPSA) is 80.5 Å². The van der Waals surface area contributed by atoms with E-state index in [1.807, 2.05) is 37.3 Å². The van der Waals surface area contributed by atoms with Gasteiger partial charge in [0.05, 0.1) is 18.8 Å². The Morgan fingerprint density at radius 1 is 1.32 bits per heavy atom. The zero-order valence-electron chi connectivity index (χ0n) is 14.7. The fraction of sp³-hybridized carbons (Fsp3) is 0.500. The van der Waals surface area contributed by atoms with Crippen LogP contribution in [0.15, 0.2) is 34.7 Å². The van der Waals surface area contributed by atoms with Crippen LogP contribution >= 0.6 is 0 Å². The summed E-state index contributed by atoms with van der Waals surface area (Å²) in [6.45, 7) is 6.35. The molecule has 1 saturated heterocycles. The van der Waals surface area contributed by atoms with Crippen molar-refractivity contribution in [2.24, 2.45) is 0 Å². The normalized spacial score (nSPS) is 20.5. The van der Waals surface area contributed by atoms with Gasteiger partial charge in [0.15, 0.2) is 0 Å². The van der Waals surface area contributed by atoms with E-state index in [0.717, 1.165) is 12.0 Å². The molecule has 1 unspecified atom stereocenters. The van der Waals surface area contributed by atoms with Crippen LogP contribution in [0.3, 0.4) is 0 Å². The van der Waals surface area contributed by atoms with Crippen molar-refractivity contribution in [1.29, 1.82) is 0 Å². The van der Waals surface area contributed by atoms with Gasteiger partial charge in [-0.2, -0.15) is 0 Å². The van der Waals surface area contributed by atoms with E-state index in [0.29, 0.717) is 44.4 Å². The van der Waals surface area contributed by atoms with Gasteiger partial charge in [-0.05, 0) is 25.5 Å². The molecule has 1 aromatic carbocycles. The number of urea groups is 1. The van der Waals surface area contributed by atoms with Crippen LogP contribution in [0, 0.1) is 0 Å². The Morgan fingerprint density at radius 3 is 2.88 bits per heavy atom. The van der Waals surface area contributed by atoms with Gasteiger partial charge >= 0.3 is 6.03 Å². The Labute approximate surface area is 147 Å². The van der Waals surface area contributed by atoms with Crippen molar-refractivity contribution in [1.82, 2.24) is 20.4 Å². The highest BCUT2D eigenvalue weighted by molar-refractivity contribution is 5.74. The maximum atomic E-state index is 12.3. The molecule has 1 N–H and O–H groups in total. The number of hydrogen-bond acceptors (Lipinski definition) is 5. The van der Waals surface area contributed by atoms with Crippen LogP contribution in [0.25, 0.3) is 11.5 Å². The van der Waals surface area contributed by atoms with Crippen LogP contribution in [-0.2, 0) is 11.2 Å². The molecule has 0 aliphatic carbocycles. The molecule has 25 heavy (non-hydrogen) atoms. The second-order valence-corrected chi connectivity index (χ2v) is 6.42. The number of amides is 2. The first-order valence-corrected chi connectivity index (χ1v) is 8.64. The largest absolute Gasteiger partial charge is 0.421 e. The highest BCUT2D eigenvalue weighted by Gasteiger charge is 2.32. The average Bonchev–Trinajstić information content (AvgIpc) is 3.11. The van der Waals surface area contributed by atoms with Crippen molar-refractivity contribution in [2.75, 3.05) is 26.2 Å². The molecule has 0 saturated carbocycles. The minimum Gasteiger partial charge on any atom is -0.421 e. The third-order valence-electron chi connectivity index (χ3n) is 4.47. The lowest BCUT2D eigenvalue weighted by Gasteiger charge is -2.39. The summed E-state index contributed by atoms with van der Waals surface area (Å²) in [6.07, 6.45) is 1.38. The second-order valence-electron chi connectivity index (χ2n) is 6.42. The quantitative estimate of drug-likeness (QED) is 0.901. The molecule has 2 aromatic rings. The summed E-state index contributed by atoms with van der Waals surface area (Å²) >= 11 is 0. The lowest BCUT2D eigenvalue weighted by atomic mass is 10.0. The van der Waals surface area contributed by atoms with Crippen LogP contribution in [0.5, 0.6) is 0 Å². The van der Waals surface area contributed by atoms with Gasteiger partial charge in [-0.3, -0.25) is 0 Å². The lowest BCUT2D eigenvalue weighted by Crippen LogP contribution is -2.54. The molecule has 0 spiro atoms. The number of hydrogen-bond donors (Lipinski definition) is 1. The number of rotatable bonds is 5. The van der Waals surface area contributed by atoms with Crippen molar-refractivity contribution in [3.63, 3.8) is 0 Å². The molecule has 7 heteroatoms. The van der Waals surface area contributed by atoms with Crippen molar-refractivity contribution < 1.29 is 13.9 Å². The van der Waals surface area contributed by atoms with E-state index in [4.69, 9.17) is 9.15 Å². The van der Waals surface area contributed by atoms with Gasteiger partial charge in [0.25, 0.3) is 0 Å². The van der Waals surface area contributed by atoms with E-state index in [1.54, 1.807) is 4.90 Å². The van der Waals surface area contributed by atoms with Gasteiger partial charge in [-0.15, -0.1) is 10.2 Å². The summed E-state index contributed by atoms with van der Waals surface area (Å²) in [5.74, 6) is 1.01. The van der Waals surface area contributed by atoms with Crippen molar-refractivity contribution in [3.8, 4) is 11.5 Å². The molecular formula is C18H24N4O3. The third-order valence-corrected chi connectivity index (χ3v) is 4.47. The van der Waals surface area contributed by atoms with E-state index in [2.05, 4.69) is 22.4 Å². The molecular weight excluding hydrogens is 320 g/mol. The molecule has 134 valence electrons. The van der Waals surface area contributed by atoms with Crippen LogP contribution < -0.4 is 5.32 Å². The smallest absolute Gasteiger partial charge is 0.317 e. The number of carbonyl (C=O) groups excluding carboxylic acids is 1. The minimum atomic E-state index is -0.257. The van der Waals surface area contributed by atoms with Crippen molar-refractivity contribution >= 4 is 6.03 Å². The van der Waals surface area contributed by atoms with E-state index in [1.165, 1.54) is 0 Å². The molecule has 7 nitrogen and oxygen atoms in total. The summed E-state index contributed by atoms with van der Waals surface area (Å²) in [7, 11) is 0. The van der Waals surface area contributed by atoms with Crippen LogP contribution in [0.2, 0.25) is 0 Å². The molecule has 2 heterocycles. The highest BCUT2D eigenvalue weighted by Crippen LogP contribution is 2.21. The number of aromatic nitrogens is 2. The monoisotopic (exact) mass is 344 g/mol. The molecule has 1 aromatic heterocycles. The summed E-state index contributed by atoms with van der Waals surface area (Å²) < 4.78 is 11.4. The first-order valence-electron chi connectivity index (χ1n) is 8.64. The fourth-order valence-corrected chi connectivity index (χ4v) is 2.76. The molecule has 0 bridgehead atoms. The van der Waals surface area contributed by atoms with E-state index >= 15 is 0 Å². The van der Waals surface area contributed by atoms with Gasteiger partial charge in [0.2, 0.25) is 11.8 Å². The number of carbonyl (C=O) groups is 1. The van der Waals surface area contributed by atoms with Crippen LogP contribution in [-0.4, -0.2) is 53.0 Å². The van der Waals surface area contributed by atoms with Gasteiger partial charge in [-0.25, -0.2) is 4.79 Å². The number of morpholine rings is 1. The maximum absolute atomic E-state index is 12.3. The number of nitrogens with zero attached hydrogens (tertiary/aromatic N) is 3. The summed E-state index contributed by atoms with van der Waals surface area (Å²) in [5.41, 5.74) is 0.629. The molecule has 2 amide bonds. The van der Waals surface area contributed by atoms with Crippen LogP contribution in [0.4, 0.5) is 4.79 Å². The Morgan fingerprint density at radius 2 is 2.12 bits per heavy atom. The zero-order valence-corrected chi connectivity index (χ0v) is 14.7. The third kappa shape index (κ3) is 4.36. The fourth-order valence-electron chi connectivity index (χ4n) is 2.76. The molecule has 1 atom stereocenters. The van der Waals surface area contributed by atoms with E-state index in [9.17, 15) is 4.79 Å². The predicted octanol–water partition coefficient (Wildman–Crippen LogP) is 2.49. The predicted molar refractivity (Wildman–Crippen MR) is 93.1 cm³/mol. The van der Waals surface area contributed by atoms with Crippen molar-refractivity contribution in [2.45, 2.75) is 32.3 Å².